The smallest absolute Gasteiger partial charge is 0.302 e. The van der Waals surface area contributed by atoms with Crippen molar-refractivity contribution in [1.82, 2.24) is 0 Å². The Kier molecular flexibility index (Phi) is 4.53. The second kappa shape index (κ2) is 6.34. The Hall–Kier alpha value is -1.87. The number of carbonyl (C=O) groups is 1. The van der Waals surface area contributed by atoms with Crippen LogP contribution in [0.15, 0.2) is 48.5 Å². The SMILES string of the molecule is CCOC(C)=O.c1ccc2c(c1)sc1ccccc12. The zero-order valence-corrected chi connectivity index (χ0v) is 11.9. The largest absolute Gasteiger partial charge is 0.466 e. The fourth-order valence-electron chi connectivity index (χ4n) is 1.88. The van der Waals surface area contributed by atoms with Crippen molar-refractivity contribution in [1.29, 1.82) is 0 Å². The van der Waals surface area contributed by atoms with Gasteiger partial charge >= 0.3 is 5.97 Å². The highest BCUT2D eigenvalue weighted by atomic mass is 32.1. The second-order valence-electron chi connectivity index (χ2n) is 4.02. The lowest BCUT2D eigenvalue weighted by Crippen LogP contribution is -1.95. The predicted octanol–water partition coefficient (Wildman–Crippen LogP) is 4.62. The minimum Gasteiger partial charge on any atom is -0.466 e. The van der Waals surface area contributed by atoms with Gasteiger partial charge in [0, 0.05) is 27.1 Å². The Bertz CT molecular complexity index is 635. The molecule has 0 amide bonds. The van der Waals surface area contributed by atoms with Crippen molar-refractivity contribution in [3.8, 4) is 0 Å². The summed E-state index contributed by atoms with van der Waals surface area (Å²) in [4.78, 5) is 9.82. The van der Waals surface area contributed by atoms with Gasteiger partial charge in [-0.05, 0) is 19.1 Å². The highest BCUT2D eigenvalue weighted by molar-refractivity contribution is 7.25. The van der Waals surface area contributed by atoms with E-state index < -0.39 is 0 Å². The molecule has 0 spiro atoms. The monoisotopic (exact) mass is 272 g/mol. The van der Waals surface area contributed by atoms with Gasteiger partial charge in [0.05, 0.1) is 6.61 Å². The van der Waals surface area contributed by atoms with Crippen molar-refractivity contribution in [3.05, 3.63) is 48.5 Å². The van der Waals surface area contributed by atoms with Crippen molar-refractivity contribution in [3.63, 3.8) is 0 Å². The fraction of sp³-hybridized carbons (Fsp3) is 0.188. The number of hydrogen-bond acceptors (Lipinski definition) is 3. The quantitative estimate of drug-likeness (QED) is 0.604. The molecule has 98 valence electrons. The van der Waals surface area contributed by atoms with Gasteiger partial charge in [-0.3, -0.25) is 4.79 Å². The van der Waals surface area contributed by atoms with Gasteiger partial charge in [0.2, 0.25) is 0 Å². The maximum Gasteiger partial charge on any atom is 0.302 e. The summed E-state index contributed by atoms with van der Waals surface area (Å²) >= 11 is 1.86. The van der Waals surface area contributed by atoms with Crippen molar-refractivity contribution in [2.75, 3.05) is 6.61 Å². The zero-order chi connectivity index (χ0) is 13.7. The fourth-order valence-corrected chi connectivity index (χ4v) is 2.98. The molecule has 0 aliphatic heterocycles. The van der Waals surface area contributed by atoms with Gasteiger partial charge in [0.15, 0.2) is 0 Å². The maximum atomic E-state index is 9.82. The molecule has 3 rings (SSSR count). The van der Waals surface area contributed by atoms with Gasteiger partial charge in [0.25, 0.3) is 0 Å². The molecule has 1 heterocycles. The Morgan fingerprint density at radius 2 is 1.47 bits per heavy atom. The molecule has 0 saturated carbocycles. The molecular formula is C16H16O2S. The molecule has 0 N–H and O–H groups in total. The van der Waals surface area contributed by atoms with Crippen LogP contribution in [0.4, 0.5) is 0 Å². The third-order valence-electron chi connectivity index (χ3n) is 2.63. The summed E-state index contributed by atoms with van der Waals surface area (Å²) in [5, 5.41) is 2.76. The van der Waals surface area contributed by atoms with Crippen molar-refractivity contribution in [2.24, 2.45) is 0 Å². The number of rotatable bonds is 1. The van der Waals surface area contributed by atoms with E-state index in [0.29, 0.717) is 6.61 Å². The number of hydrogen-bond donors (Lipinski definition) is 0. The second-order valence-corrected chi connectivity index (χ2v) is 5.10. The van der Waals surface area contributed by atoms with Gasteiger partial charge in [-0.1, -0.05) is 36.4 Å². The molecule has 19 heavy (non-hydrogen) atoms. The summed E-state index contributed by atoms with van der Waals surface area (Å²) in [6.07, 6.45) is 0. The first-order chi connectivity index (χ1) is 9.22. The maximum absolute atomic E-state index is 9.82. The molecular weight excluding hydrogens is 256 g/mol. The van der Waals surface area contributed by atoms with Crippen LogP contribution in [0.25, 0.3) is 20.2 Å². The average molecular weight is 272 g/mol. The zero-order valence-electron chi connectivity index (χ0n) is 11.1. The van der Waals surface area contributed by atoms with E-state index in [4.69, 9.17) is 0 Å². The number of benzene rings is 2. The van der Waals surface area contributed by atoms with Crippen LogP contribution in [-0.2, 0) is 9.53 Å². The molecule has 2 aromatic carbocycles. The third-order valence-corrected chi connectivity index (χ3v) is 3.78. The lowest BCUT2D eigenvalue weighted by molar-refractivity contribution is -0.140. The highest BCUT2D eigenvalue weighted by Gasteiger charge is 2.01. The summed E-state index contributed by atoms with van der Waals surface area (Å²) in [7, 11) is 0. The van der Waals surface area contributed by atoms with E-state index in [9.17, 15) is 4.79 Å². The van der Waals surface area contributed by atoms with E-state index >= 15 is 0 Å². The Balaban J connectivity index is 0.000000192. The van der Waals surface area contributed by atoms with E-state index in [1.807, 2.05) is 11.3 Å². The lowest BCUT2D eigenvalue weighted by Gasteiger charge is -1.89. The number of carbonyl (C=O) groups excluding carboxylic acids is 1. The van der Waals surface area contributed by atoms with E-state index in [1.54, 1.807) is 6.92 Å². The van der Waals surface area contributed by atoms with Crippen LogP contribution in [0, 0.1) is 0 Å². The van der Waals surface area contributed by atoms with Gasteiger partial charge in [0.1, 0.15) is 0 Å². The molecule has 0 saturated heterocycles. The van der Waals surface area contributed by atoms with Crippen LogP contribution in [0.3, 0.4) is 0 Å². The first-order valence-electron chi connectivity index (χ1n) is 6.22. The molecule has 0 aliphatic carbocycles. The van der Waals surface area contributed by atoms with Crippen LogP contribution in [0.5, 0.6) is 0 Å². The molecule has 0 bridgehead atoms. The predicted molar refractivity (Wildman–Crippen MR) is 81.6 cm³/mol. The van der Waals surface area contributed by atoms with Crippen molar-refractivity contribution in [2.45, 2.75) is 13.8 Å². The average Bonchev–Trinajstić information content (AvgIpc) is 2.78. The van der Waals surface area contributed by atoms with Gasteiger partial charge in [-0.2, -0.15) is 0 Å². The number of thiophene rings is 1. The van der Waals surface area contributed by atoms with E-state index in [1.165, 1.54) is 27.1 Å². The number of fused-ring (bicyclic) bond motifs is 3. The first-order valence-corrected chi connectivity index (χ1v) is 7.03. The minimum atomic E-state index is -0.211. The van der Waals surface area contributed by atoms with Crippen LogP contribution < -0.4 is 0 Å². The van der Waals surface area contributed by atoms with Crippen LogP contribution in [0.1, 0.15) is 13.8 Å². The minimum absolute atomic E-state index is 0.211. The summed E-state index contributed by atoms with van der Waals surface area (Å²) in [6.45, 7) is 3.65. The van der Waals surface area contributed by atoms with E-state index in [2.05, 4.69) is 53.3 Å². The van der Waals surface area contributed by atoms with Crippen LogP contribution >= 0.6 is 11.3 Å². The highest BCUT2D eigenvalue weighted by Crippen LogP contribution is 2.32. The van der Waals surface area contributed by atoms with Crippen LogP contribution in [-0.4, -0.2) is 12.6 Å². The molecule has 2 nitrogen and oxygen atoms in total. The Labute approximate surface area is 116 Å². The molecule has 0 atom stereocenters. The molecule has 0 radical (unpaired) electrons. The normalized spacial score (nSPS) is 10.0. The summed E-state index contributed by atoms with van der Waals surface area (Å²) < 4.78 is 7.16. The number of ether oxygens (including phenoxy) is 1. The van der Waals surface area contributed by atoms with Gasteiger partial charge < -0.3 is 4.74 Å². The lowest BCUT2D eigenvalue weighted by atomic mass is 10.2. The topological polar surface area (TPSA) is 26.3 Å². The third kappa shape index (κ3) is 3.32. The van der Waals surface area contributed by atoms with Gasteiger partial charge in [-0.25, -0.2) is 0 Å². The van der Waals surface area contributed by atoms with E-state index in [-0.39, 0.29) is 5.97 Å². The Morgan fingerprint density at radius 3 is 1.84 bits per heavy atom. The van der Waals surface area contributed by atoms with Crippen molar-refractivity contribution < 1.29 is 9.53 Å². The molecule has 3 aromatic rings. The van der Waals surface area contributed by atoms with Crippen LogP contribution in [0.2, 0.25) is 0 Å². The molecule has 0 aliphatic rings. The molecule has 0 unspecified atom stereocenters. The first kappa shape index (κ1) is 13.6. The summed E-state index contributed by atoms with van der Waals surface area (Å²) in [6, 6.07) is 17.1. The van der Waals surface area contributed by atoms with Gasteiger partial charge in [-0.15, -0.1) is 11.3 Å². The molecule has 0 fully saturated rings. The summed E-state index contributed by atoms with van der Waals surface area (Å²) in [5.74, 6) is -0.211. The molecule has 3 heteroatoms. The summed E-state index contributed by atoms with van der Waals surface area (Å²) in [5.41, 5.74) is 0. The van der Waals surface area contributed by atoms with E-state index in [0.717, 1.165) is 0 Å². The molecule has 1 aromatic heterocycles. The Morgan fingerprint density at radius 1 is 1.00 bits per heavy atom. The standard InChI is InChI=1S/C12H8S.C4H8O2/c1-3-7-11-9(5-1)10-6-2-4-8-12(10)13-11;1-3-6-4(2)5/h1-8H;3H2,1-2H3. The van der Waals surface area contributed by atoms with Crippen molar-refractivity contribution >= 4 is 37.5 Å². The number of esters is 1.